The summed E-state index contributed by atoms with van der Waals surface area (Å²) >= 11 is 0. The third kappa shape index (κ3) is 4.88. The van der Waals surface area contributed by atoms with Crippen LogP contribution in [0.3, 0.4) is 0 Å². The lowest BCUT2D eigenvalue weighted by Crippen LogP contribution is -2.02. The molecule has 0 fully saturated rings. The molecule has 0 atom stereocenters. The number of hydrogen-bond acceptors (Lipinski definition) is 1. The van der Waals surface area contributed by atoms with Gasteiger partial charge in [-0.1, -0.05) is 59.7 Å². The number of aryl methyl sites for hydroxylation is 2. The first-order chi connectivity index (χ1) is 9.24. The van der Waals surface area contributed by atoms with Gasteiger partial charge in [0.25, 0.3) is 0 Å². The first kappa shape index (κ1) is 13.8. The fourth-order valence-electron chi connectivity index (χ4n) is 1.99. The Kier molecular flexibility index (Phi) is 5.17. The van der Waals surface area contributed by atoms with Crippen LogP contribution in [0, 0.1) is 13.8 Å². The summed E-state index contributed by atoms with van der Waals surface area (Å²) in [6, 6.07) is 17.3. The first-order valence-corrected chi connectivity index (χ1v) is 6.93. The molecule has 0 N–H and O–H groups in total. The smallest absolute Gasteiger partial charge is 0.0506 e. The first-order valence-electron chi connectivity index (χ1n) is 6.93. The van der Waals surface area contributed by atoms with Gasteiger partial charge in [-0.3, -0.25) is 0 Å². The van der Waals surface area contributed by atoms with Crippen molar-refractivity contribution in [2.24, 2.45) is 0 Å². The minimum Gasteiger partial charge on any atom is -0.381 e. The second kappa shape index (κ2) is 7.10. The van der Waals surface area contributed by atoms with Crippen LogP contribution in [-0.4, -0.2) is 13.2 Å². The van der Waals surface area contributed by atoms with E-state index in [0.717, 1.165) is 26.1 Å². The third-order valence-electron chi connectivity index (χ3n) is 3.31. The standard InChI is InChI=1S/C18H22O/c1-15-3-7-17(8-4-15)11-13-19-14-12-18-9-5-16(2)6-10-18/h3-10H,11-14H2,1-2H3. The van der Waals surface area contributed by atoms with E-state index < -0.39 is 0 Å². The molecule has 0 saturated carbocycles. The van der Waals surface area contributed by atoms with Crippen molar-refractivity contribution < 1.29 is 4.74 Å². The van der Waals surface area contributed by atoms with E-state index in [2.05, 4.69) is 62.4 Å². The van der Waals surface area contributed by atoms with Gasteiger partial charge in [0.15, 0.2) is 0 Å². The van der Waals surface area contributed by atoms with Crippen LogP contribution in [0.25, 0.3) is 0 Å². The highest BCUT2D eigenvalue weighted by molar-refractivity contribution is 5.22. The molecule has 100 valence electrons. The number of benzene rings is 2. The summed E-state index contributed by atoms with van der Waals surface area (Å²) < 4.78 is 5.70. The molecule has 2 rings (SSSR count). The predicted molar refractivity (Wildman–Crippen MR) is 80.6 cm³/mol. The predicted octanol–water partition coefficient (Wildman–Crippen LogP) is 4.11. The lowest BCUT2D eigenvalue weighted by molar-refractivity contribution is 0.140. The summed E-state index contributed by atoms with van der Waals surface area (Å²) in [7, 11) is 0. The van der Waals surface area contributed by atoms with Crippen LogP contribution in [0.4, 0.5) is 0 Å². The molecule has 2 aromatic rings. The summed E-state index contributed by atoms with van der Waals surface area (Å²) in [6.45, 7) is 5.83. The van der Waals surface area contributed by atoms with E-state index in [1.165, 1.54) is 22.3 Å². The minimum atomic E-state index is 0.801. The summed E-state index contributed by atoms with van der Waals surface area (Å²) in [4.78, 5) is 0. The van der Waals surface area contributed by atoms with Crippen molar-refractivity contribution >= 4 is 0 Å². The fraction of sp³-hybridized carbons (Fsp3) is 0.333. The molecule has 0 unspecified atom stereocenters. The van der Waals surface area contributed by atoms with E-state index >= 15 is 0 Å². The van der Waals surface area contributed by atoms with Gasteiger partial charge in [-0.2, -0.15) is 0 Å². The van der Waals surface area contributed by atoms with Crippen LogP contribution >= 0.6 is 0 Å². The zero-order chi connectivity index (χ0) is 13.5. The van der Waals surface area contributed by atoms with E-state index in [9.17, 15) is 0 Å². The normalized spacial score (nSPS) is 10.6. The van der Waals surface area contributed by atoms with Gasteiger partial charge in [-0.15, -0.1) is 0 Å². The largest absolute Gasteiger partial charge is 0.381 e. The molecule has 0 bridgehead atoms. The Balaban J connectivity index is 1.64. The highest BCUT2D eigenvalue weighted by Crippen LogP contribution is 2.06. The second-order valence-corrected chi connectivity index (χ2v) is 5.08. The maximum atomic E-state index is 5.70. The SMILES string of the molecule is Cc1ccc(CCOCCc2ccc(C)cc2)cc1. The number of hydrogen-bond donors (Lipinski definition) is 0. The summed E-state index contributed by atoms with van der Waals surface area (Å²) in [6.07, 6.45) is 1.99. The van der Waals surface area contributed by atoms with Gasteiger partial charge in [-0.25, -0.2) is 0 Å². The molecule has 0 aliphatic heterocycles. The molecule has 0 spiro atoms. The van der Waals surface area contributed by atoms with Crippen LogP contribution in [0.2, 0.25) is 0 Å². The van der Waals surface area contributed by atoms with Crippen molar-refractivity contribution in [2.45, 2.75) is 26.7 Å². The Bertz CT molecular complexity index is 435. The zero-order valence-electron chi connectivity index (χ0n) is 11.9. The molecule has 0 aromatic heterocycles. The van der Waals surface area contributed by atoms with E-state index in [4.69, 9.17) is 4.74 Å². The monoisotopic (exact) mass is 254 g/mol. The topological polar surface area (TPSA) is 9.23 Å². The van der Waals surface area contributed by atoms with E-state index in [-0.39, 0.29) is 0 Å². The lowest BCUT2D eigenvalue weighted by atomic mass is 10.1. The second-order valence-electron chi connectivity index (χ2n) is 5.08. The summed E-state index contributed by atoms with van der Waals surface area (Å²) in [5.74, 6) is 0. The minimum absolute atomic E-state index is 0.801. The Morgan fingerprint density at radius 3 is 1.37 bits per heavy atom. The molecule has 0 aliphatic rings. The molecule has 0 aliphatic carbocycles. The molecule has 19 heavy (non-hydrogen) atoms. The third-order valence-corrected chi connectivity index (χ3v) is 3.31. The molecule has 1 nitrogen and oxygen atoms in total. The van der Waals surface area contributed by atoms with Crippen molar-refractivity contribution in [1.82, 2.24) is 0 Å². The lowest BCUT2D eigenvalue weighted by Gasteiger charge is -2.05. The van der Waals surface area contributed by atoms with Crippen LogP contribution in [0.5, 0.6) is 0 Å². The highest BCUT2D eigenvalue weighted by Gasteiger charge is 1.95. The van der Waals surface area contributed by atoms with Crippen LogP contribution in [-0.2, 0) is 17.6 Å². The Morgan fingerprint density at radius 2 is 1.00 bits per heavy atom. The van der Waals surface area contributed by atoms with Gasteiger partial charge < -0.3 is 4.74 Å². The number of rotatable bonds is 6. The van der Waals surface area contributed by atoms with Crippen molar-refractivity contribution in [3.8, 4) is 0 Å². The molecule has 0 radical (unpaired) electrons. The van der Waals surface area contributed by atoms with Crippen molar-refractivity contribution in [2.75, 3.05) is 13.2 Å². The van der Waals surface area contributed by atoms with E-state index in [1.807, 2.05) is 0 Å². The summed E-state index contributed by atoms with van der Waals surface area (Å²) in [5.41, 5.74) is 5.31. The van der Waals surface area contributed by atoms with Gasteiger partial charge in [0.2, 0.25) is 0 Å². The van der Waals surface area contributed by atoms with E-state index in [1.54, 1.807) is 0 Å². The highest BCUT2D eigenvalue weighted by atomic mass is 16.5. The number of ether oxygens (including phenoxy) is 1. The Hall–Kier alpha value is -1.60. The van der Waals surface area contributed by atoms with Gasteiger partial charge in [0.1, 0.15) is 0 Å². The Labute approximate surface area is 116 Å². The molecule has 0 saturated heterocycles. The average Bonchev–Trinajstić information content (AvgIpc) is 2.43. The molecule has 2 aromatic carbocycles. The zero-order valence-corrected chi connectivity index (χ0v) is 11.9. The van der Waals surface area contributed by atoms with Crippen LogP contribution in [0.1, 0.15) is 22.3 Å². The van der Waals surface area contributed by atoms with Crippen LogP contribution in [0.15, 0.2) is 48.5 Å². The molecule has 1 heteroatoms. The fourth-order valence-corrected chi connectivity index (χ4v) is 1.99. The van der Waals surface area contributed by atoms with Gasteiger partial charge in [0, 0.05) is 0 Å². The maximum Gasteiger partial charge on any atom is 0.0506 e. The van der Waals surface area contributed by atoms with Crippen molar-refractivity contribution in [3.63, 3.8) is 0 Å². The van der Waals surface area contributed by atoms with Gasteiger partial charge in [-0.05, 0) is 37.8 Å². The van der Waals surface area contributed by atoms with Crippen molar-refractivity contribution in [1.29, 1.82) is 0 Å². The molecular formula is C18H22O. The molecule has 0 amide bonds. The molecule has 0 heterocycles. The Morgan fingerprint density at radius 1 is 0.632 bits per heavy atom. The van der Waals surface area contributed by atoms with E-state index in [0.29, 0.717) is 0 Å². The molecular weight excluding hydrogens is 232 g/mol. The quantitative estimate of drug-likeness (QED) is 0.705. The van der Waals surface area contributed by atoms with Crippen molar-refractivity contribution in [3.05, 3.63) is 70.8 Å². The maximum absolute atomic E-state index is 5.70. The van der Waals surface area contributed by atoms with Gasteiger partial charge >= 0.3 is 0 Å². The average molecular weight is 254 g/mol. The van der Waals surface area contributed by atoms with Gasteiger partial charge in [0.05, 0.1) is 13.2 Å². The van der Waals surface area contributed by atoms with Crippen LogP contribution < -0.4 is 0 Å². The summed E-state index contributed by atoms with van der Waals surface area (Å²) in [5, 5.41) is 0.